The summed E-state index contributed by atoms with van der Waals surface area (Å²) >= 11 is 1.22. The number of hydrogen-bond donors (Lipinski definition) is 3. The molecule has 10 heteroatoms. The molecule has 34 heavy (non-hydrogen) atoms. The summed E-state index contributed by atoms with van der Waals surface area (Å²) in [4.78, 5) is 40.6. The summed E-state index contributed by atoms with van der Waals surface area (Å²) < 4.78 is 1.07. The molecule has 0 atom stereocenters. The molecule has 2 amide bonds. The highest BCUT2D eigenvalue weighted by molar-refractivity contribution is 7.14. The zero-order valence-electron chi connectivity index (χ0n) is 18.4. The van der Waals surface area contributed by atoms with Gasteiger partial charge in [0.1, 0.15) is 0 Å². The number of thiazole rings is 1. The van der Waals surface area contributed by atoms with E-state index >= 15 is 0 Å². The van der Waals surface area contributed by atoms with Gasteiger partial charge >= 0.3 is 0 Å². The number of amides is 2. The molecule has 9 nitrogen and oxygen atoms in total. The van der Waals surface area contributed by atoms with Crippen molar-refractivity contribution in [1.29, 1.82) is 0 Å². The van der Waals surface area contributed by atoms with Crippen molar-refractivity contribution in [3.05, 3.63) is 87.2 Å². The molecular weight excluding hydrogens is 454 g/mol. The smallest absolute Gasteiger partial charge is 0.281 e. The van der Waals surface area contributed by atoms with E-state index in [-0.39, 0.29) is 11.6 Å². The lowest BCUT2D eigenvalue weighted by Gasteiger charge is -2.09. The van der Waals surface area contributed by atoms with Crippen LogP contribution < -0.4 is 16.2 Å². The average molecular weight is 476 g/mol. The lowest BCUT2D eigenvalue weighted by atomic mass is 10.1. The number of nitrogens with one attached hydrogen (secondary N) is 2. The van der Waals surface area contributed by atoms with Crippen molar-refractivity contribution in [2.24, 2.45) is 0 Å². The monoisotopic (exact) mass is 475 g/mol. The Kier molecular flexibility index (Phi) is 6.51. The van der Waals surface area contributed by atoms with Gasteiger partial charge < -0.3 is 10.4 Å². The van der Waals surface area contributed by atoms with Crippen LogP contribution in [-0.4, -0.2) is 31.7 Å². The summed E-state index contributed by atoms with van der Waals surface area (Å²) in [7, 11) is 0. The number of aromatic hydroxyl groups is 1. The van der Waals surface area contributed by atoms with Gasteiger partial charge in [0.2, 0.25) is 5.91 Å². The zero-order chi connectivity index (χ0) is 24.2. The van der Waals surface area contributed by atoms with Gasteiger partial charge in [-0.2, -0.15) is 9.78 Å². The van der Waals surface area contributed by atoms with Gasteiger partial charge in [-0.1, -0.05) is 36.4 Å². The molecule has 2 aromatic heterocycles. The maximum atomic E-state index is 12.8. The summed E-state index contributed by atoms with van der Waals surface area (Å²) in [6.45, 7) is 3.78. The van der Waals surface area contributed by atoms with Crippen LogP contribution >= 0.6 is 11.3 Å². The molecule has 0 radical (unpaired) electrons. The summed E-state index contributed by atoms with van der Waals surface area (Å²) in [6.07, 6.45) is 0. The van der Waals surface area contributed by atoms with Crippen molar-refractivity contribution >= 4 is 28.3 Å². The fourth-order valence-electron chi connectivity index (χ4n) is 3.19. The Morgan fingerprint density at radius 2 is 1.88 bits per heavy atom. The first-order valence-electron chi connectivity index (χ1n) is 10.3. The van der Waals surface area contributed by atoms with Gasteiger partial charge in [0, 0.05) is 30.5 Å². The molecule has 0 aliphatic heterocycles. The van der Waals surface area contributed by atoms with Gasteiger partial charge in [0.15, 0.2) is 16.6 Å². The number of benzene rings is 2. The normalized spacial score (nSPS) is 10.6. The first-order valence-corrected chi connectivity index (χ1v) is 11.2. The van der Waals surface area contributed by atoms with Crippen LogP contribution in [0.2, 0.25) is 0 Å². The predicted octanol–water partition coefficient (Wildman–Crippen LogP) is 3.26. The van der Waals surface area contributed by atoms with Crippen LogP contribution in [0.25, 0.3) is 16.9 Å². The van der Waals surface area contributed by atoms with E-state index in [1.165, 1.54) is 18.3 Å². The fraction of sp³-hybridized carbons (Fsp3) is 0.125. The number of aromatic nitrogens is 3. The molecule has 0 aliphatic carbocycles. The largest absolute Gasteiger partial charge is 0.505 e. The van der Waals surface area contributed by atoms with Gasteiger partial charge in [-0.05, 0) is 30.2 Å². The van der Waals surface area contributed by atoms with E-state index in [2.05, 4.69) is 20.7 Å². The maximum Gasteiger partial charge on any atom is 0.281 e. The molecule has 2 aromatic carbocycles. The third kappa shape index (κ3) is 5.18. The van der Waals surface area contributed by atoms with Crippen molar-refractivity contribution in [2.45, 2.75) is 20.4 Å². The molecule has 4 aromatic rings. The van der Waals surface area contributed by atoms with Crippen molar-refractivity contribution in [3.8, 4) is 22.7 Å². The number of anilines is 1. The summed E-state index contributed by atoms with van der Waals surface area (Å²) in [5, 5.41) is 21.7. The van der Waals surface area contributed by atoms with Crippen molar-refractivity contribution in [3.63, 3.8) is 0 Å². The second-order valence-corrected chi connectivity index (χ2v) is 8.42. The molecular formula is C24H21N5O4S. The number of carbonyl (C=O) groups is 2. The molecule has 172 valence electrons. The van der Waals surface area contributed by atoms with Crippen LogP contribution in [0.5, 0.6) is 5.75 Å². The van der Waals surface area contributed by atoms with E-state index in [1.807, 2.05) is 37.3 Å². The summed E-state index contributed by atoms with van der Waals surface area (Å²) in [6, 6.07) is 15.6. The van der Waals surface area contributed by atoms with Crippen LogP contribution in [0.15, 0.2) is 64.8 Å². The lowest BCUT2D eigenvalue weighted by Crippen LogP contribution is -2.25. The first kappa shape index (κ1) is 22.9. The standard InChI is InChI=1S/C24H21N5O4S/c1-14-4-3-5-18(10-14)29-21(32)11-20(31)22(28-29)23(33)27-24-26-19(13-34-24)17-8-6-16(7-9-17)12-25-15(2)30/h3-11,13,31H,12H2,1-2H3,(H,25,30)(H,26,27,33). The Morgan fingerprint density at radius 1 is 1.12 bits per heavy atom. The minimum atomic E-state index is -0.689. The summed E-state index contributed by atoms with van der Waals surface area (Å²) in [5.41, 5.74) is 3.01. The van der Waals surface area contributed by atoms with E-state index in [0.29, 0.717) is 23.1 Å². The topological polar surface area (TPSA) is 126 Å². The molecule has 0 saturated heterocycles. The second-order valence-electron chi connectivity index (χ2n) is 7.57. The van der Waals surface area contributed by atoms with E-state index in [9.17, 15) is 19.5 Å². The predicted molar refractivity (Wildman–Crippen MR) is 129 cm³/mol. The van der Waals surface area contributed by atoms with Gasteiger partial charge in [-0.15, -0.1) is 11.3 Å². The van der Waals surface area contributed by atoms with E-state index in [4.69, 9.17) is 0 Å². The first-order chi connectivity index (χ1) is 16.3. The van der Waals surface area contributed by atoms with Gasteiger partial charge in [0.25, 0.3) is 11.5 Å². The van der Waals surface area contributed by atoms with Crippen molar-refractivity contribution < 1.29 is 14.7 Å². The molecule has 4 rings (SSSR count). The van der Waals surface area contributed by atoms with Gasteiger partial charge in [-0.3, -0.25) is 19.7 Å². The van der Waals surface area contributed by atoms with Crippen LogP contribution in [0.1, 0.15) is 28.5 Å². The molecule has 0 fully saturated rings. The molecule has 2 heterocycles. The third-order valence-electron chi connectivity index (χ3n) is 4.89. The van der Waals surface area contributed by atoms with Crippen LogP contribution in [-0.2, 0) is 11.3 Å². The quantitative estimate of drug-likeness (QED) is 0.393. The van der Waals surface area contributed by atoms with Gasteiger partial charge in [-0.25, -0.2) is 4.98 Å². The molecule has 3 N–H and O–H groups in total. The summed E-state index contributed by atoms with van der Waals surface area (Å²) in [5.74, 6) is -1.30. The number of rotatable bonds is 6. The lowest BCUT2D eigenvalue weighted by molar-refractivity contribution is -0.119. The van der Waals surface area contributed by atoms with Crippen molar-refractivity contribution in [1.82, 2.24) is 20.1 Å². The van der Waals surface area contributed by atoms with E-state index < -0.39 is 17.2 Å². The Balaban J connectivity index is 1.52. The highest BCUT2D eigenvalue weighted by Crippen LogP contribution is 2.26. The Morgan fingerprint density at radius 3 is 2.59 bits per heavy atom. The van der Waals surface area contributed by atoms with Crippen LogP contribution in [0.3, 0.4) is 0 Å². The van der Waals surface area contributed by atoms with Crippen molar-refractivity contribution in [2.75, 3.05) is 5.32 Å². The maximum absolute atomic E-state index is 12.8. The molecule has 0 bridgehead atoms. The number of nitrogens with zero attached hydrogens (tertiary/aromatic N) is 3. The molecule has 0 unspecified atom stereocenters. The Labute approximate surface area is 198 Å². The SMILES string of the molecule is CC(=O)NCc1ccc(-c2csc(NC(=O)c3nn(-c4cccc(C)c4)c(=O)cc3O)n2)cc1. The molecule has 0 aliphatic rings. The number of hydrogen-bond acceptors (Lipinski definition) is 7. The highest BCUT2D eigenvalue weighted by Gasteiger charge is 2.18. The van der Waals surface area contributed by atoms with E-state index in [0.717, 1.165) is 27.4 Å². The number of carbonyl (C=O) groups excluding carboxylic acids is 2. The van der Waals surface area contributed by atoms with Crippen LogP contribution in [0, 0.1) is 6.92 Å². The minimum absolute atomic E-state index is 0.0983. The average Bonchev–Trinajstić information content (AvgIpc) is 3.26. The molecule has 0 spiro atoms. The molecule has 0 saturated carbocycles. The zero-order valence-corrected chi connectivity index (χ0v) is 19.2. The van der Waals surface area contributed by atoms with E-state index in [1.54, 1.807) is 23.6 Å². The van der Waals surface area contributed by atoms with Gasteiger partial charge in [0.05, 0.1) is 11.4 Å². The highest BCUT2D eigenvalue weighted by atomic mass is 32.1. The Hall–Kier alpha value is -4.31. The van der Waals surface area contributed by atoms with Crippen LogP contribution in [0.4, 0.5) is 5.13 Å². The number of aryl methyl sites for hydroxylation is 1. The minimum Gasteiger partial charge on any atom is -0.505 e. The second kappa shape index (κ2) is 9.67. The Bertz CT molecular complexity index is 1430. The fourth-order valence-corrected chi connectivity index (χ4v) is 3.91. The third-order valence-corrected chi connectivity index (χ3v) is 5.65.